The van der Waals surface area contributed by atoms with Gasteiger partial charge in [-0.25, -0.2) is 0 Å². The molecule has 0 aliphatic carbocycles. The van der Waals surface area contributed by atoms with E-state index in [0.29, 0.717) is 30.8 Å². The van der Waals surface area contributed by atoms with Crippen molar-refractivity contribution in [2.24, 2.45) is 0 Å². The minimum Gasteiger partial charge on any atom is -0.453 e. The van der Waals surface area contributed by atoms with Gasteiger partial charge in [0.15, 0.2) is 12.4 Å². The number of nitrogens with zero attached hydrogens (tertiary/aromatic N) is 1. The van der Waals surface area contributed by atoms with E-state index in [1.807, 2.05) is 72.8 Å². The molecule has 4 atom stereocenters. The van der Waals surface area contributed by atoms with Crippen molar-refractivity contribution in [2.45, 2.75) is 76.5 Å². The molecule has 0 aromatic heterocycles. The summed E-state index contributed by atoms with van der Waals surface area (Å²) < 4.78 is 18.0. The third kappa shape index (κ3) is 8.70. The van der Waals surface area contributed by atoms with Crippen LogP contribution in [0.25, 0.3) is 0 Å². The molecule has 45 heavy (non-hydrogen) atoms. The van der Waals surface area contributed by atoms with Crippen molar-refractivity contribution in [2.75, 3.05) is 19.6 Å². The normalized spacial score (nSPS) is 22.4. The average molecular weight is 637 g/mol. The Morgan fingerprint density at radius 2 is 1.60 bits per heavy atom. The summed E-state index contributed by atoms with van der Waals surface area (Å²) in [7, 11) is 0. The van der Waals surface area contributed by atoms with Crippen molar-refractivity contribution >= 4 is 23.5 Å². The Hall–Kier alpha value is -3.31. The Labute approximate surface area is 269 Å². The Bertz CT molecular complexity index is 1420. The molecule has 9 nitrogen and oxygen atoms in total. The molecule has 240 valence electrons. The first kappa shape index (κ1) is 33.1. The number of ether oxygens (including phenoxy) is 3. The Balaban J connectivity index is 1.24. The zero-order valence-corrected chi connectivity index (χ0v) is 26.4. The lowest BCUT2D eigenvalue weighted by molar-refractivity contribution is -0.253. The molecule has 5 rings (SSSR count). The van der Waals surface area contributed by atoms with Gasteiger partial charge in [0.1, 0.15) is 0 Å². The fraction of sp³-hybridized carbons (Fsp3) is 0.429. The van der Waals surface area contributed by atoms with Crippen LogP contribution in [-0.2, 0) is 42.6 Å². The Morgan fingerprint density at radius 3 is 2.22 bits per heavy atom. The first-order chi connectivity index (χ1) is 21.6. The van der Waals surface area contributed by atoms with Crippen molar-refractivity contribution in [3.63, 3.8) is 0 Å². The number of aliphatic hydroxyl groups is 2. The SMILES string of the molecule is CC(=O)OC(C)C(=O)NCc1ccc(C2OC(CN3CCC(O)(c4ccc(Cl)cc4)CC3)CC(c3ccc(CO)cc3)O2)cc1. The lowest BCUT2D eigenvalue weighted by Gasteiger charge is -2.42. The van der Waals surface area contributed by atoms with Gasteiger partial charge in [-0.1, -0.05) is 72.3 Å². The number of hydrogen-bond acceptors (Lipinski definition) is 8. The van der Waals surface area contributed by atoms with Crippen LogP contribution in [0, 0.1) is 0 Å². The van der Waals surface area contributed by atoms with E-state index in [1.54, 1.807) is 0 Å². The van der Waals surface area contributed by atoms with E-state index in [-0.39, 0.29) is 31.3 Å². The summed E-state index contributed by atoms with van der Waals surface area (Å²) in [4.78, 5) is 25.7. The molecule has 2 aliphatic rings. The summed E-state index contributed by atoms with van der Waals surface area (Å²) in [6, 6.07) is 22.9. The molecule has 2 heterocycles. The van der Waals surface area contributed by atoms with E-state index in [0.717, 1.165) is 40.9 Å². The topological polar surface area (TPSA) is 118 Å². The predicted molar refractivity (Wildman–Crippen MR) is 169 cm³/mol. The van der Waals surface area contributed by atoms with E-state index in [1.165, 1.54) is 13.8 Å². The van der Waals surface area contributed by atoms with Gasteiger partial charge in [0.25, 0.3) is 5.91 Å². The predicted octanol–water partition coefficient (Wildman–Crippen LogP) is 4.93. The van der Waals surface area contributed by atoms with Crippen LogP contribution in [0.4, 0.5) is 0 Å². The smallest absolute Gasteiger partial charge is 0.303 e. The van der Waals surface area contributed by atoms with Gasteiger partial charge in [0.05, 0.1) is 24.4 Å². The molecule has 0 radical (unpaired) electrons. The third-order valence-electron chi connectivity index (χ3n) is 8.57. The molecule has 3 aromatic carbocycles. The van der Waals surface area contributed by atoms with Gasteiger partial charge >= 0.3 is 5.97 Å². The number of hydrogen-bond donors (Lipinski definition) is 3. The monoisotopic (exact) mass is 636 g/mol. The van der Waals surface area contributed by atoms with Gasteiger partial charge in [0, 0.05) is 50.1 Å². The number of piperidine rings is 1. The molecule has 2 fully saturated rings. The molecule has 3 aromatic rings. The summed E-state index contributed by atoms with van der Waals surface area (Å²) in [5, 5.41) is 24.3. The van der Waals surface area contributed by atoms with Gasteiger partial charge in [-0.15, -0.1) is 0 Å². The second-order valence-electron chi connectivity index (χ2n) is 11.9. The summed E-state index contributed by atoms with van der Waals surface area (Å²) in [5.74, 6) is -0.870. The summed E-state index contributed by atoms with van der Waals surface area (Å²) >= 11 is 6.06. The molecule has 0 spiro atoms. The quantitative estimate of drug-likeness (QED) is 0.268. The lowest BCUT2D eigenvalue weighted by atomic mass is 9.84. The van der Waals surface area contributed by atoms with Crippen molar-refractivity contribution in [1.82, 2.24) is 10.2 Å². The summed E-state index contributed by atoms with van der Waals surface area (Å²) in [6.45, 7) is 5.24. The number of benzene rings is 3. The van der Waals surface area contributed by atoms with E-state index < -0.39 is 24.0 Å². The van der Waals surface area contributed by atoms with Gasteiger partial charge in [-0.3, -0.25) is 9.59 Å². The number of carbonyl (C=O) groups is 2. The first-order valence-corrected chi connectivity index (χ1v) is 15.7. The highest BCUT2D eigenvalue weighted by Gasteiger charge is 2.37. The molecule has 2 saturated heterocycles. The van der Waals surface area contributed by atoms with Crippen LogP contribution in [0.3, 0.4) is 0 Å². The molecule has 10 heteroatoms. The van der Waals surface area contributed by atoms with Crippen LogP contribution in [0.1, 0.15) is 73.3 Å². The van der Waals surface area contributed by atoms with Crippen LogP contribution in [-0.4, -0.2) is 58.8 Å². The zero-order valence-electron chi connectivity index (χ0n) is 25.7. The molecule has 0 bridgehead atoms. The molecule has 0 saturated carbocycles. The minimum absolute atomic E-state index is 0.0209. The zero-order chi connectivity index (χ0) is 32.0. The number of esters is 1. The molecule has 3 N–H and O–H groups in total. The fourth-order valence-corrected chi connectivity index (χ4v) is 6.03. The standard InChI is InChI=1S/C35H41ClN2O7/c1-23(43-24(2)40)33(41)37-20-25-3-9-28(10-4-25)34-44-31(19-32(45-34)27-7-5-26(22-39)6-8-27)21-38-17-15-35(42,16-18-38)29-11-13-30(36)14-12-29/h3-14,23,31-32,34,39,42H,15-22H2,1-2H3,(H,37,41). The third-order valence-corrected chi connectivity index (χ3v) is 8.82. The van der Waals surface area contributed by atoms with Gasteiger partial charge in [-0.2, -0.15) is 0 Å². The number of aliphatic hydroxyl groups excluding tert-OH is 1. The summed E-state index contributed by atoms with van der Waals surface area (Å²) in [5.41, 5.74) is 3.61. The maximum absolute atomic E-state index is 12.2. The van der Waals surface area contributed by atoms with Crippen LogP contribution < -0.4 is 5.32 Å². The molecular formula is C35H41ClN2O7. The molecule has 2 aliphatic heterocycles. The number of carbonyl (C=O) groups excluding carboxylic acids is 2. The highest BCUT2D eigenvalue weighted by Crippen LogP contribution is 2.39. The Morgan fingerprint density at radius 1 is 0.978 bits per heavy atom. The largest absolute Gasteiger partial charge is 0.453 e. The number of halogens is 1. The van der Waals surface area contributed by atoms with Crippen LogP contribution in [0.5, 0.6) is 0 Å². The summed E-state index contributed by atoms with van der Waals surface area (Å²) in [6.07, 6.45) is 0.105. The number of rotatable bonds is 10. The van der Waals surface area contributed by atoms with Crippen molar-refractivity contribution < 1.29 is 34.0 Å². The fourth-order valence-electron chi connectivity index (χ4n) is 5.90. The van der Waals surface area contributed by atoms with Crippen molar-refractivity contribution in [3.8, 4) is 0 Å². The molecular weight excluding hydrogens is 596 g/mol. The highest BCUT2D eigenvalue weighted by atomic mass is 35.5. The van der Waals surface area contributed by atoms with Gasteiger partial charge in [-0.05, 0) is 54.2 Å². The number of nitrogens with one attached hydrogen (secondary N) is 1. The minimum atomic E-state index is -0.878. The number of likely N-dealkylation sites (tertiary alicyclic amines) is 1. The Kier molecular flexibility index (Phi) is 10.9. The van der Waals surface area contributed by atoms with E-state index in [4.69, 9.17) is 25.8 Å². The maximum Gasteiger partial charge on any atom is 0.303 e. The van der Waals surface area contributed by atoms with E-state index >= 15 is 0 Å². The number of amides is 1. The lowest BCUT2D eigenvalue weighted by Crippen LogP contribution is -2.46. The van der Waals surface area contributed by atoms with E-state index in [9.17, 15) is 19.8 Å². The maximum atomic E-state index is 12.2. The van der Waals surface area contributed by atoms with E-state index in [2.05, 4.69) is 10.2 Å². The van der Waals surface area contributed by atoms with Crippen LogP contribution in [0.2, 0.25) is 5.02 Å². The van der Waals surface area contributed by atoms with Gasteiger partial charge in [0.2, 0.25) is 0 Å². The first-order valence-electron chi connectivity index (χ1n) is 15.4. The molecule has 4 unspecified atom stereocenters. The second-order valence-corrected chi connectivity index (χ2v) is 12.3. The second kappa shape index (κ2) is 14.9. The van der Waals surface area contributed by atoms with Crippen LogP contribution in [0.15, 0.2) is 72.8 Å². The molecule has 1 amide bonds. The average Bonchev–Trinajstić information content (AvgIpc) is 3.05. The highest BCUT2D eigenvalue weighted by molar-refractivity contribution is 6.30. The van der Waals surface area contributed by atoms with Crippen molar-refractivity contribution in [3.05, 3.63) is 106 Å². The van der Waals surface area contributed by atoms with Crippen molar-refractivity contribution in [1.29, 1.82) is 0 Å². The van der Waals surface area contributed by atoms with Crippen LogP contribution >= 0.6 is 11.6 Å². The van der Waals surface area contributed by atoms with Gasteiger partial charge < -0.3 is 34.6 Å².